The molecule has 0 radical (unpaired) electrons. The van der Waals surface area contributed by atoms with Crippen molar-refractivity contribution in [3.8, 4) is 11.6 Å². The molecular formula is C16H18N4O. The Morgan fingerprint density at radius 3 is 2.52 bits per heavy atom. The second-order valence-electron chi connectivity index (χ2n) is 6.01. The topological polar surface area (TPSA) is 65.4 Å². The first kappa shape index (κ1) is 13.4. The number of hydrogen-bond donors (Lipinski definition) is 1. The Balaban J connectivity index is 2.02. The molecule has 0 fully saturated rings. The Kier molecular flexibility index (Phi) is 3.05. The van der Waals surface area contributed by atoms with E-state index in [1.807, 2.05) is 24.4 Å². The first-order valence-corrected chi connectivity index (χ1v) is 6.82. The van der Waals surface area contributed by atoms with Gasteiger partial charge in [-0.1, -0.05) is 20.8 Å². The van der Waals surface area contributed by atoms with E-state index in [9.17, 15) is 0 Å². The van der Waals surface area contributed by atoms with Gasteiger partial charge in [0.05, 0.1) is 5.69 Å². The summed E-state index contributed by atoms with van der Waals surface area (Å²) < 4.78 is 7.64. The Bertz CT molecular complexity index is 769. The second-order valence-corrected chi connectivity index (χ2v) is 6.01. The fraction of sp³-hybridized carbons (Fsp3) is 0.250. The van der Waals surface area contributed by atoms with E-state index in [-0.39, 0.29) is 5.41 Å². The van der Waals surface area contributed by atoms with Gasteiger partial charge in [-0.3, -0.25) is 0 Å². The Morgan fingerprint density at radius 1 is 1.14 bits per heavy atom. The molecule has 0 aliphatic carbocycles. The van der Waals surface area contributed by atoms with Crippen LogP contribution < -0.4 is 10.5 Å². The van der Waals surface area contributed by atoms with E-state index in [2.05, 4.69) is 30.9 Å². The van der Waals surface area contributed by atoms with Crippen molar-refractivity contribution < 1.29 is 4.74 Å². The molecule has 0 atom stereocenters. The number of nitrogens with zero attached hydrogens (tertiary/aromatic N) is 3. The van der Waals surface area contributed by atoms with Crippen molar-refractivity contribution in [1.82, 2.24) is 14.6 Å². The van der Waals surface area contributed by atoms with Crippen molar-refractivity contribution in [2.24, 2.45) is 0 Å². The van der Waals surface area contributed by atoms with E-state index in [1.54, 1.807) is 22.8 Å². The summed E-state index contributed by atoms with van der Waals surface area (Å²) in [5.74, 6) is 1.23. The summed E-state index contributed by atoms with van der Waals surface area (Å²) in [6, 6.07) is 9.25. The van der Waals surface area contributed by atoms with Crippen molar-refractivity contribution in [2.45, 2.75) is 26.2 Å². The van der Waals surface area contributed by atoms with Gasteiger partial charge >= 0.3 is 0 Å². The summed E-state index contributed by atoms with van der Waals surface area (Å²) >= 11 is 0. The van der Waals surface area contributed by atoms with Crippen LogP contribution in [0.1, 0.15) is 26.5 Å². The first-order chi connectivity index (χ1) is 9.93. The van der Waals surface area contributed by atoms with E-state index in [0.29, 0.717) is 17.3 Å². The monoisotopic (exact) mass is 282 g/mol. The summed E-state index contributed by atoms with van der Waals surface area (Å²) in [6.45, 7) is 6.38. The van der Waals surface area contributed by atoms with Gasteiger partial charge in [-0.25, -0.2) is 9.50 Å². The fourth-order valence-electron chi connectivity index (χ4n) is 1.99. The van der Waals surface area contributed by atoms with Gasteiger partial charge in [0.2, 0.25) is 5.88 Å². The van der Waals surface area contributed by atoms with E-state index < -0.39 is 0 Å². The van der Waals surface area contributed by atoms with Gasteiger partial charge in [-0.05, 0) is 30.3 Å². The van der Waals surface area contributed by atoms with Crippen molar-refractivity contribution in [1.29, 1.82) is 0 Å². The fourth-order valence-corrected chi connectivity index (χ4v) is 1.99. The lowest BCUT2D eigenvalue weighted by molar-refractivity contribution is 0.465. The molecular weight excluding hydrogens is 264 g/mol. The molecule has 5 nitrogen and oxygen atoms in total. The molecule has 0 saturated heterocycles. The van der Waals surface area contributed by atoms with E-state index in [0.717, 1.165) is 11.2 Å². The number of benzene rings is 1. The molecule has 5 heteroatoms. The highest BCUT2D eigenvalue weighted by Gasteiger charge is 2.19. The average Bonchev–Trinajstić information content (AvgIpc) is 2.86. The molecule has 0 spiro atoms. The summed E-state index contributed by atoms with van der Waals surface area (Å²) in [5.41, 5.74) is 8.20. The average molecular weight is 282 g/mol. The minimum absolute atomic E-state index is 0.0233. The molecule has 0 bridgehead atoms. The molecule has 2 heterocycles. The van der Waals surface area contributed by atoms with Gasteiger partial charge in [0.25, 0.3) is 0 Å². The molecule has 0 unspecified atom stereocenters. The maximum absolute atomic E-state index is 5.85. The first-order valence-electron chi connectivity index (χ1n) is 6.82. The Labute approximate surface area is 123 Å². The molecule has 2 aromatic heterocycles. The number of aromatic nitrogens is 3. The number of nitrogen functional groups attached to an aromatic ring is 1. The molecule has 108 valence electrons. The van der Waals surface area contributed by atoms with Crippen molar-refractivity contribution >= 4 is 11.2 Å². The summed E-state index contributed by atoms with van der Waals surface area (Å²) in [5, 5.41) is 4.58. The summed E-state index contributed by atoms with van der Waals surface area (Å²) in [4.78, 5) is 4.31. The number of hydrogen-bond acceptors (Lipinski definition) is 4. The highest BCUT2D eigenvalue weighted by molar-refractivity contribution is 5.58. The van der Waals surface area contributed by atoms with Crippen LogP contribution in [-0.2, 0) is 5.41 Å². The third-order valence-corrected chi connectivity index (χ3v) is 3.22. The van der Waals surface area contributed by atoms with Gasteiger partial charge in [-0.15, -0.1) is 0 Å². The zero-order valence-electron chi connectivity index (χ0n) is 12.4. The molecule has 0 aliphatic rings. The van der Waals surface area contributed by atoms with Crippen LogP contribution in [0.3, 0.4) is 0 Å². The largest absolute Gasteiger partial charge is 0.437 e. The minimum atomic E-state index is -0.0233. The Hall–Kier alpha value is -2.56. The maximum atomic E-state index is 5.85. The SMILES string of the molecule is CC(C)(C)c1cc2c(Oc3ccc(N)cc3)nccn2n1. The van der Waals surface area contributed by atoms with Crippen molar-refractivity contribution in [3.05, 3.63) is 48.4 Å². The van der Waals surface area contributed by atoms with E-state index in [1.165, 1.54) is 0 Å². The van der Waals surface area contributed by atoms with Gasteiger partial charge in [-0.2, -0.15) is 5.10 Å². The second kappa shape index (κ2) is 4.77. The molecule has 1 aromatic carbocycles. The van der Waals surface area contributed by atoms with E-state index in [4.69, 9.17) is 10.5 Å². The molecule has 0 aliphatic heterocycles. The number of rotatable bonds is 2. The number of anilines is 1. The smallest absolute Gasteiger partial charge is 0.245 e. The lowest BCUT2D eigenvalue weighted by Crippen LogP contribution is -2.11. The lowest BCUT2D eigenvalue weighted by Gasteiger charge is -2.13. The number of fused-ring (bicyclic) bond motifs is 1. The Morgan fingerprint density at radius 2 is 1.86 bits per heavy atom. The van der Waals surface area contributed by atoms with Gasteiger partial charge in [0.1, 0.15) is 11.3 Å². The quantitative estimate of drug-likeness (QED) is 0.732. The van der Waals surface area contributed by atoms with Crippen LogP contribution in [-0.4, -0.2) is 14.6 Å². The summed E-state index contributed by atoms with van der Waals surface area (Å²) in [6.07, 6.45) is 3.50. The van der Waals surface area contributed by atoms with Gasteiger partial charge < -0.3 is 10.5 Å². The molecule has 3 rings (SSSR count). The van der Waals surface area contributed by atoms with Crippen LogP contribution in [0.5, 0.6) is 11.6 Å². The van der Waals surface area contributed by atoms with Crippen LogP contribution in [0, 0.1) is 0 Å². The third kappa shape index (κ3) is 2.67. The summed E-state index contributed by atoms with van der Waals surface area (Å²) in [7, 11) is 0. The molecule has 21 heavy (non-hydrogen) atoms. The zero-order chi connectivity index (χ0) is 15.0. The predicted octanol–water partition coefficient (Wildman–Crippen LogP) is 3.40. The standard InChI is InChI=1S/C16H18N4O/c1-16(2,3)14-10-13-15(18-8-9-20(13)19-14)21-12-6-4-11(17)5-7-12/h4-10H,17H2,1-3H3. The van der Waals surface area contributed by atoms with Crippen LogP contribution in [0.4, 0.5) is 5.69 Å². The normalized spacial score (nSPS) is 11.8. The van der Waals surface area contributed by atoms with Crippen LogP contribution in [0.25, 0.3) is 5.52 Å². The molecule has 0 amide bonds. The molecule has 2 N–H and O–H groups in total. The highest BCUT2D eigenvalue weighted by Crippen LogP contribution is 2.28. The molecule has 0 saturated carbocycles. The van der Waals surface area contributed by atoms with Crippen molar-refractivity contribution in [3.63, 3.8) is 0 Å². The third-order valence-electron chi connectivity index (χ3n) is 3.22. The van der Waals surface area contributed by atoms with Gasteiger partial charge in [0, 0.05) is 23.5 Å². The van der Waals surface area contributed by atoms with E-state index >= 15 is 0 Å². The maximum Gasteiger partial charge on any atom is 0.245 e. The molecule has 3 aromatic rings. The zero-order valence-corrected chi connectivity index (χ0v) is 12.4. The lowest BCUT2D eigenvalue weighted by atomic mass is 9.92. The van der Waals surface area contributed by atoms with Crippen LogP contribution in [0.2, 0.25) is 0 Å². The van der Waals surface area contributed by atoms with Gasteiger partial charge in [0.15, 0.2) is 0 Å². The highest BCUT2D eigenvalue weighted by atomic mass is 16.5. The predicted molar refractivity (Wildman–Crippen MR) is 82.6 cm³/mol. The minimum Gasteiger partial charge on any atom is -0.437 e. The van der Waals surface area contributed by atoms with Crippen molar-refractivity contribution in [2.75, 3.05) is 5.73 Å². The van der Waals surface area contributed by atoms with Crippen LogP contribution >= 0.6 is 0 Å². The number of nitrogens with two attached hydrogens (primary N) is 1. The number of ether oxygens (including phenoxy) is 1. The van der Waals surface area contributed by atoms with Crippen LogP contribution in [0.15, 0.2) is 42.7 Å².